The molecular weight excluding hydrogens is 219 g/mol. The fourth-order valence-electron chi connectivity index (χ4n) is 1.40. The van der Waals surface area contributed by atoms with Crippen molar-refractivity contribution in [1.29, 1.82) is 0 Å². The van der Waals surface area contributed by atoms with Gasteiger partial charge in [0.1, 0.15) is 0 Å². The summed E-state index contributed by atoms with van der Waals surface area (Å²) in [5.41, 5.74) is 5.19. The van der Waals surface area contributed by atoms with Crippen LogP contribution < -0.4 is 5.73 Å². The molecule has 0 radical (unpaired) electrons. The van der Waals surface area contributed by atoms with Crippen molar-refractivity contribution >= 4 is 0 Å². The zero-order valence-corrected chi connectivity index (χ0v) is 8.83. The van der Waals surface area contributed by atoms with E-state index in [4.69, 9.17) is 5.73 Å². The Morgan fingerprint density at radius 1 is 1.38 bits per heavy atom. The number of nitrogens with two attached hydrogens (primary N) is 1. The second-order valence-corrected chi connectivity index (χ2v) is 3.62. The summed E-state index contributed by atoms with van der Waals surface area (Å²) in [4.78, 5) is 0. The Morgan fingerprint density at radius 3 is 2.50 bits per heavy atom. The van der Waals surface area contributed by atoms with Crippen molar-refractivity contribution in [2.45, 2.75) is 31.7 Å². The smallest absolute Gasteiger partial charge is 0.391 e. The van der Waals surface area contributed by atoms with Crippen LogP contribution in [0.2, 0.25) is 0 Å². The summed E-state index contributed by atoms with van der Waals surface area (Å²) in [7, 11) is 0. The Kier molecular flexibility index (Phi) is 3.93. The molecule has 2 nitrogen and oxygen atoms in total. The second kappa shape index (κ2) is 4.84. The first-order chi connectivity index (χ1) is 7.36. The van der Waals surface area contributed by atoms with Crippen LogP contribution in [0.4, 0.5) is 13.2 Å². The Morgan fingerprint density at radius 2 is 2.00 bits per heavy atom. The van der Waals surface area contributed by atoms with E-state index in [9.17, 15) is 18.3 Å². The highest BCUT2D eigenvalue weighted by atomic mass is 19.4. The average Bonchev–Trinajstić information content (AvgIpc) is 2.26. The number of aliphatic hydroxyl groups excluding tert-OH is 1. The molecule has 0 heterocycles. The van der Waals surface area contributed by atoms with Crippen molar-refractivity contribution in [3.05, 3.63) is 35.4 Å². The molecule has 0 fully saturated rings. The van der Waals surface area contributed by atoms with Gasteiger partial charge >= 0.3 is 6.18 Å². The Labute approximate surface area is 91.9 Å². The Hall–Kier alpha value is -1.07. The van der Waals surface area contributed by atoms with Gasteiger partial charge in [0, 0.05) is 0 Å². The van der Waals surface area contributed by atoms with Gasteiger partial charge in [-0.15, -0.1) is 0 Å². The number of benzene rings is 1. The zero-order chi connectivity index (χ0) is 12.3. The van der Waals surface area contributed by atoms with E-state index < -0.39 is 23.9 Å². The molecular formula is C11H14F3NO. The Balaban J connectivity index is 2.99. The summed E-state index contributed by atoms with van der Waals surface area (Å²) in [5, 5.41) is 9.47. The van der Waals surface area contributed by atoms with E-state index in [-0.39, 0.29) is 0 Å². The molecule has 0 aliphatic carbocycles. The monoisotopic (exact) mass is 233 g/mol. The zero-order valence-electron chi connectivity index (χ0n) is 8.83. The van der Waals surface area contributed by atoms with Crippen molar-refractivity contribution < 1.29 is 18.3 Å². The number of hydrogen-bond acceptors (Lipinski definition) is 2. The summed E-state index contributed by atoms with van der Waals surface area (Å²) in [5.74, 6) is 0. The number of halogens is 3. The minimum atomic E-state index is -4.38. The molecule has 1 rings (SSSR count). The number of hydrogen-bond donors (Lipinski definition) is 2. The van der Waals surface area contributed by atoms with Gasteiger partial charge in [0.2, 0.25) is 0 Å². The minimum absolute atomic E-state index is 0.296. The highest BCUT2D eigenvalue weighted by Crippen LogP contribution is 2.31. The van der Waals surface area contributed by atoms with Crippen molar-refractivity contribution in [1.82, 2.24) is 0 Å². The van der Waals surface area contributed by atoms with E-state index in [1.165, 1.54) is 12.1 Å². The average molecular weight is 233 g/mol. The van der Waals surface area contributed by atoms with Gasteiger partial charge in [0.05, 0.1) is 17.7 Å². The molecule has 2 atom stereocenters. The molecule has 0 aromatic heterocycles. The summed E-state index contributed by atoms with van der Waals surface area (Å²) >= 11 is 0. The van der Waals surface area contributed by atoms with Crippen LogP contribution in [-0.2, 0) is 6.18 Å². The maximum absolute atomic E-state index is 12.4. The molecule has 0 saturated carbocycles. The van der Waals surface area contributed by atoms with Crippen LogP contribution in [0.15, 0.2) is 24.3 Å². The fourth-order valence-corrected chi connectivity index (χ4v) is 1.40. The molecule has 0 amide bonds. The van der Waals surface area contributed by atoms with Gasteiger partial charge in [0.25, 0.3) is 0 Å². The van der Waals surface area contributed by atoms with Crippen molar-refractivity contribution in [3.8, 4) is 0 Å². The minimum Gasteiger partial charge on any atom is -0.391 e. The molecule has 5 heteroatoms. The highest BCUT2D eigenvalue weighted by molar-refractivity contribution is 5.28. The van der Waals surface area contributed by atoms with Crippen molar-refractivity contribution in [2.24, 2.45) is 5.73 Å². The fraction of sp³-hybridized carbons (Fsp3) is 0.455. The van der Waals surface area contributed by atoms with Gasteiger partial charge in [-0.05, 0) is 24.1 Å². The van der Waals surface area contributed by atoms with Gasteiger partial charge < -0.3 is 10.8 Å². The third kappa shape index (κ3) is 2.96. The molecule has 0 aliphatic rings. The standard InChI is InChI=1S/C11H14F3NO/c1-2-9(16)10(15)7-4-3-5-8(6-7)11(12,13)14/h3-6,9-10,16H,2,15H2,1H3/t9-,10+/m1/s1. The number of rotatable bonds is 3. The summed E-state index contributed by atoms with van der Waals surface area (Å²) < 4.78 is 37.2. The lowest BCUT2D eigenvalue weighted by Crippen LogP contribution is -2.25. The summed E-state index contributed by atoms with van der Waals surface area (Å²) in [6, 6.07) is 3.95. The van der Waals surface area contributed by atoms with Crippen LogP contribution in [0.25, 0.3) is 0 Å². The molecule has 1 aromatic carbocycles. The predicted octanol–water partition coefficient (Wildman–Crippen LogP) is 2.48. The highest BCUT2D eigenvalue weighted by Gasteiger charge is 2.31. The van der Waals surface area contributed by atoms with Gasteiger partial charge in [-0.2, -0.15) is 13.2 Å². The van der Waals surface area contributed by atoms with E-state index in [0.717, 1.165) is 12.1 Å². The molecule has 1 aromatic rings. The first-order valence-corrected chi connectivity index (χ1v) is 4.97. The van der Waals surface area contributed by atoms with Crippen LogP contribution in [0.5, 0.6) is 0 Å². The number of alkyl halides is 3. The van der Waals surface area contributed by atoms with Crippen LogP contribution in [-0.4, -0.2) is 11.2 Å². The molecule has 0 aliphatic heterocycles. The molecule has 0 saturated heterocycles. The summed E-state index contributed by atoms with van der Waals surface area (Å²) in [6.07, 6.45) is -4.81. The predicted molar refractivity (Wildman–Crippen MR) is 54.7 cm³/mol. The molecule has 0 spiro atoms. The second-order valence-electron chi connectivity index (χ2n) is 3.62. The van der Waals surface area contributed by atoms with Gasteiger partial charge in [-0.25, -0.2) is 0 Å². The van der Waals surface area contributed by atoms with E-state index in [1.807, 2.05) is 0 Å². The lowest BCUT2D eigenvalue weighted by Gasteiger charge is -2.18. The molecule has 3 N–H and O–H groups in total. The normalized spacial score (nSPS) is 15.9. The van der Waals surface area contributed by atoms with E-state index in [2.05, 4.69) is 0 Å². The lowest BCUT2D eigenvalue weighted by atomic mass is 9.99. The van der Waals surface area contributed by atoms with Crippen molar-refractivity contribution in [2.75, 3.05) is 0 Å². The van der Waals surface area contributed by atoms with Crippen LogP contribution >= 0.6 is 0 Å². The molecule has 90 valence electrons. The lowest BCUT2D eigenvalue weighted by molar-refractivity contribution is -0.137. The molecule has 0 unspecified atom stereocenters. The van der Waals surface area contributed by atoms with Gasteiger partial charge in [-0.3, -0.25) is 0 Å². The van der Waals surface area contributed by atoms with Crippen LogP contribution in [0, 0.1) is 0 Å². The third-order valence-electron chi connectivity index (χ3n) is 2.43. The van der Waals surface area contributed by atoms with E-state index >= 15 is 0 Å². The third-order valence-corrected chi connectivity index (χ3v) is 2.43. The van der Waals surface area contributed by atoms with Crippen molar-refractivity contribution in [3.63, 3.8) is 0 Å². The maximum Gasteiger partial charge on any atom is 0.416 e. The largest absolute Gasteiger partial charge is 0.416 e. The van der Waals surface area contributed by atoms with E-state index in [1.54, 1.807) is 6.92 Å². The molecule has 16 heavy (non-hydrogen) atoms. The van der Waals surface area contributed by atoms with Crippen LogP contribution in [0.3, 0.4) is 0 Å². The van der Waals surface area contributed by atoms with Crippen LogP contribution in [0.1, 0.15) is 30.5 Å². The Bertz CT molecular complexity index is 351. The summed E-state index contributed by atoms with van der Waals surface area (Å²) in [6.45, 7) is 1.72. The topological polar surface area (TPSA) is 46.2 Å². The van der Waals surface area contributed by atoms with E-state index in [0.29, 0.717) is 12.0 Å². The SMILES string of the molecule is CC[C@@H](O)[C@@H](N)c1cccc(C(F)(F)F)c1. The first kappa shape index (κ1) is 13.0. The molecule has 0 bridgehead atoms. The first-order valence-electron chi connectivity index (χ1n) is 4.97. The maximum atomic E-state index is 12.4. The quantitative estimate of drug-likeness (QED) is 0.842. The number of aliphatic hydroxyl groups is 1. The van der Waals surface area contributed by atoms with Gasteiger partial charge in [0.15, 0.2) is 0 Å². The van der Waals surface area contributed by atoms with Gasteiger partial charge in [-0.1, -0.05) is 19.1 Å².